The van der Waals surface area contributed by atoms with Crippen molar-refractivity contribution in [3.8, 4) is 0 Å². The van der Waals surface area contributed by atoms with Crippen molar-refractivity contribution >= 4 is 17.6 Å². The topological polar surface area (TPSA) is 52.6 Å². The Balaban J connectivity index is 2.90. The average Bonchev–Trinajstić information content (AvgIpc) is 2.34. The summed E-state index contributed by atoms with van der Waals surface area (Å²) >= 11 is 5.64. The lowest BCUT2D eigenvalue weighted by Crippen LogP contribution is -2.46. The molecule has 1 aromatic rings. The summed E-state index contributed by atoms with van der Waals surface area (Å²) in [5.74, 6) is 0. The standard InChI is InChI=1S/C13H16ClF3N2O2/c1-8(20)7-19(2)12(21)18-11(13(15,16)17)9-3-5-10(14)6-4-9/h3-6,8,11,20H,7H2,1-2H3,(H,18,21)/t8-,11+/m0/s1. The van der Waals surface area contributed by atoms with Crippen molar-refractivity contribution in [2.45, 2.75) is 25.2 Å². The highest BCUT2D eigenvalue weighted by molar-refractivity contribution is 6.30. The summed E-state index contributed by atoms with van der Waals surface area (Å²) in [6.07, 6.45) is -5.48. The second-order valence-electron chi connectivity index (χ2n) is 4.71. The van der Waals surface area contributed by atoms with E-state index in [1.807, 2.05) is 5.32 Å². The second-order valence-corrected chi connectivity index (χ2v) is 5.14. The van der Waals surface area contributed by atoms with Gasteiger partial charge in [0.1, 0.15) is 0 Å². The predicted octanol–water partition coefficient (Wildman–Crippen LogP) is 2.97. The summed E-state index contributed by atoms with van der Waals surface area (Å²) in [4.78, 5) is 12.7. The number of carbonyl (C=O) groups excluding carboxylic acids is 1. The third kappa shape index (κ3) is 5.43. The van der Waals surface area contributed by atoms with Gasteiger partial charge in [0.25, 0.3) is 0 Å². The molecule has 2 amide bonds. The fraction of sp³-hybridized carbons (Fsp3) is 0.462. The van der Waals surface area contributed by atoms with Gasteiger partial charge < -0.3 is 15.3 Å². The first-order valence-electron chi connectivity index (χ1n) is 6.13. The van der Waals surface area contributed by atoms with E-state index < -0.39 is 24.4 Å². The van der Waals surface area contributed by atoms with Crippen LogP contribution in [-0.2, 0) is 0 Å². The third-order valence-corrected chi connectivity index (χ3v) is 2.94. The van der Waals surface area contributed by atoms with Crippen LogP contribution in [0.3, 0.4) is 0 Å². The van der Waals surface area contributed by atoms with Crippen molar-refractivity contribution in [3.63, 3.8) is 0 Å². The molecule has 8 heteroatoms. The molecule has 21 heavy (non-hydrogen) atoms. The number of halogens is 4. The van der Waals surface area contributed by atoms with E-state index in [9.17, 15) is 18.0 Å². The van der Waals surface area contributed by atoms with E-state index in [4.69, 9.17) is 16.7 Å². The summed E-state index contributed by atoms with van der Waals surface area (Å²) < 4.78 is 39.2. The van der Waals surface area contributed by atoms with Crippen molar-refractivity contribution in [2.75, 3.05) is 13.6 Å². The lowest BCUT2D eigenvalue weighted by atomic mass is 10.1. The van der Waals surface area contributed by atoms with E-state index in [1.54, 1.807) is 0 Å². The monoisotopic (exact) mass is 324 g/mol. The summed E-state index contributed by atoms with van der Waals surface area (Å²) in [6, 6.07) is 1.99. The van der Waals surface area contributed by atoms with Crippen molar-refractivity contribution < 1.29 is 23.1 Å². The molecule has 0 radical (unpaired) electrons. The van der Waals surface area contributed by atoms with Gasteiger partial charge in [-0.05, 0) is 24.6 Å². The Labute approximate surface area is 125 Å². The Morgan fingerprint density at radius 1 is 1.38 bits per heavy atom. The van der Waals surface area contributed by atoms with Crippen LogP contribution in [0.25, 0.3) is 0 Å². The maximum atomic E-state index is 13.1. The first-order valence-corrected chi connectivity index (χ1v) is 6.51. The minimum absolute atomic E-state index is 0.0724. The fourth-order valence-corrected chi connectivity index (χ4v) is 1.85. The number of benzene rings is 1. The zero-order valence-electron chi connectivity index (χ0n) is 11.5. The van der Waals surface area contributed by atoms with Gasteiger partial charge in [0.05, 0.1) is 6.10 Å². The molecule has 0 fully saturated rings. The number of aliphatic hydroxyl groups is 1. The largest absolute Gasteiger partial charge is 0.412 e. The van der Waals surface area contributed by atoms with Crippen LogP contribution in [0.2, 0.25) is 5.02 Å². The van der Waals surface area contributed by atoms with Crippen LogP contribution in [0.1, 0.15) is 18.5 Å². The van der Waals surface area contributed by atoms with E-state index >= 15 is 0 Å². The number of nitrogens with one attached hydrogen (secondary N) is 1. The summed E-state index contributed by atoms with van der Waals surface area (Å²) in [5, 5.41) is 11.4. The zero-order valence-corrected chi connectivity index (χ0v) is 12.2. The molecule has 118 valence electrons. The SMILES string of the molecule is C[C@H](O)CN(C)C(=O)N[C@H](c1ccc(Cl)cc1)C(F)(F)F. The number of carbonyl (C=O) groups is 1. The number of urea groups is 1. The molecule has 0 spiro atoms. The van der Waals surface area contributed by atoms with Crippen LogP contribution in [-0.4, -0.2) is 41.9 Å². The average molecular weight is 325 g/mol. The first-order chi connectivity index (χ1) is 9.61. The van der Waals surface area contributed by atoms with Gasteiger partial charge in [-0.2, -0.15) is 13.2 Å². The quantitative estimate of drug-likeness (QED) is 0.894. The molecule has 0 heterocycles. The number of hydrogen-bond donors (Lipinski definition) is 2. The van der Waals surface area contributed by atoms with E-state index in [0.29, 0.717) is 5.02 Å². The molecule has 0 saturated heterocycles. The van der Waals surface area contributed by atoms with Crippen LogP contribution in [0.15, 0.2) is 24.3 Å². The number of aliphatic hydroxyl groups excluding tert-OH is 1. The Morgan fingerprint density at radius 2 is 1.90 bits per heavy atom. The molecule has 2 N–H and O–H groups in total. The summed E-state index contributed by atoms with van der Waals surface area (Å²) in [7, 11) is 1.30. The van der Waals surface area contributed by atoms with Crippen molar-refractivity contribution in [3.05, 3.63) is 34.9 Å². The highest BCUT2D eigenvalue weighted by Crippen LogP contribution is 2.33. The number of nitrogens with zero attached hydrogens (tertiary/aromatic N) is 1. The fourth-order valence-electron chi connectivity index (χ4n) is 1.72. The molecule has 0 aliphatic heterocycles. The predicted molar refractivity (Wildman–Crippen MR) is 73.1 cm³/mol. The van der Waals surface area contributed by atoms with Gasteiger partial charge in [0.2, 0.25) is 0 Å². The summed E-state index contributed by atoms with van der Waals surface area (Å²) in [6.45, 7) is 1.36. The number of likely N-dealkylation sites (N-methyl/N-ethyl adjacent to an activating group) is 1. The molecule has 0 aliphatic rings. The van der Waals surface area contributed by atoms with Gasteiger partial charge in [-0.15, -0.1) is 0 Å². The molecule has 2 atom stereocenters. The van der Waals surface area contributed by atoms with E-state index in [1.165, 1.54) is 38.2 Å². The number of amides is 2. The van der Waals surface area contributed by atoms with Crippen molar-refractivity contribution in [1.29, 1.82) is 0 Å². The van der Waals surface area contributed by atoms with Gasteiger partial charge in [0, 0.05) is 18.6 Å². The number of rotatable bonds is 4. The Hall–Kier alpha value is -1.47. The highest BCUT2D eigenvalue weighted by atomic mass is 35.5. The molecule has 0 unspecified atom stereocenters. The maximum Gasteiger partial charge on any atom is 0.412 e. The van der Waals surface area contributed by atoms with Crippen molar-refractivity contribution in [1.82, 2.24) is 10.2 Å². The number of alkyl halides is 3. The Morgan fingerprint density at radius 3 is 2.33 bits per heavy atom. The molecule has 1 rings (SSSR count). The molecule has 0 saturated carbocycles. The summed E-state index contributed by atoms with van der Waals surface area (Å²) in [5.41, 5.74) is -0.120. The van der Waals surface area contributed by atoms with Gasteiger partial charge in [-0.25, -0.2) is 4.79 Å². The van der Waals surface area contributed by atoms with Gasteiger partial charge in [-0.3, -0.25) is 0 Å². The van der Waals surface area contributed by atoms with E-state index in [-0.39, 0.29) is 12.1 Å². The third-order valence-electron chi connectivity index (χ3n) is 2.68. The van der Waals surface area contributed by atoms with Crippen LogP contribution >= 0.6 is 11.6 Å². The second kappa shape index (κ2) is 7.00. The highest BCUT2D eigenvalue weighted by Gasteiger charge is 2.42. The Bertz CT molecular complexity index is 477. The van der Waals surface area contributed by atoms with Crippen molar-refractivity contribution in [2.24, 2.45) is 0 Å². The van der Waals surface area contributed by atoms with Crippen LogP contribution in [0, 0.1) is 0 Å². The van der Waals surface area contributed by atoms with Crippen LogP contribution < -0.4 is 5.32 Å². The molecule has 0 bridgehead atoms. The maximum absolute atomic E-state index is 13.1. The van der Waals surface area contributed by atoms with E-state index in [0.717, 1.165) is 4.90 Å². The van der Waals surface area contributed by atoms with Crippen LogP contribution in [0.4, 0.5) is 18.0 Å². The van der Waals surface area contributed by atoms with Gasteiger partial charge in [0.15, 0.2) is 6.04 Å². The lowest BCUT2D eigenvalue weighted by molar-refractivity contribution is -0.155. The lowest BCUT2D eigenvalue weighted by Gasteiger charge is -2.26. The zero-order chi connectivity index (χ0) is 16.2. The minimum Gasteiger partial charge on any atom is -0.392 e. The normalized spacial score (nSPS) is 14.4. The van der Waals surface area contributed by atoms with E-state index in [2.05, 4.69) is 0 Å². The molecule has 4 nitrogen and oxygen atoms in total. The van der Waals surface area contributed by atoms with Gasteiger partial charge >= 0.3 is 12.2 Å². The first kappa shape index (κ1) is 17.6. The molecular weight excluding hydrogens is 309 g/mol. The molecular formula is C13H16ClF3N2O2. The molecule has 1 aromatic carbocycles. The number of hydrogen-bond acceptors (Lipinski definition) is 2. The molecule has 0 aromatic heterocycles. The molecule has 0 aliphatic carbocycles. The smallest absolute Gasteiger partial charge is 0.392 e. The van der Waals surface area contributed by atoms with Crippen LogP contribution in [0.5, 0.6) is 0 Å². The Kier molecular flexibility index (Phi) is 5.86. The minimum atomic E-state index is -4.64. The van der Waals surface area contributed by atoms with Gasteiger partial charge in [-0.1, -0.05) is 23.7 Å².